The minimum absolute atomic E-state index is 0. The summed E-state index contributed by atoms with van der Waals surface area (Å²) in [7, 11) is 0. The van der Waals surface area contributed by atoms with Gasteiger partial charge in [0.15, 0.2) is 0 Å². The van der Waals surface area contributed by atoms with Gasteiger partial charge >= 0.3 is 0 Å². The van der Waals surface area contributed by atoms with Crippen LogP contribution in [0.2, 0.25) is 0 Å². The van der Waals surface area contributed by atoms with Crippen LogP contribution in [-0.4, -0.2) is 6.54 Å². The van der Waals surface area contributed by atoms with Crippen LogP contribution in [0.15, 0.2) is 30.3 Å². The molecule has 0 aliphatic heterocycles. The highest BCUT2D eigenvalue weighted by Gasteiger charge is 1.78. The van der Waals surface area contributed by atoms with E-state index in [0.29, 0.717) is 6.54 Å². The summed E-state index contributed by atoms with van der Waals surface area (Å²) in [4.78, 5) is 0. The van der Waals surface area contributed by atoms with Gasteiger partial charge in [-0.15, -0.1) is 0 Å². The lowest BCUT2D eigenvalue weighted by atomic mass is 10.2. The minimum atomic E-state index is 0. The molecule has 11 heavy (non-hydrogen) atoms. The van der Waals surface area contributed by atoms with Crippen molar-refractivity contribution in [3.05, 3.63) is 35.9 Å². The molecular weight excluding hydrogens is 158 g/mol. The third-order valence-corrected chi connectivity index (χ3v) is 1.11. The third kappa shape index (κ3) is 3.67. The van der Waals surface area contributed by atoms with Crippen LogP contribution in [0.3, 0.4) is 0 Å². The van der Waals surface area contributed by atoms with Crippen molar-refractivity contribution < 1.29 is 12.4 Å². The first kappa shape index (κ1) is 10.0. The highest BCUT2D eigenvalue weighted by molar-refractivity contribution is 5.33. The molecule has 0 aromatic heterocycles. The average molecular weight is 167 g/mol. The van der Waals surface area contributed by atoms with E-state index in [1.165, 1.54) is 0 Å². The number of rotatable bonds is 0. The molecule has 0 aliphatic carbocycles. The standard InChI is InChI=1S/C9H9N.ClH/c10-8-4-7-9-5-2-1-3-6-9;/h1-3,5-6H,8,10H2;1H/p-1. The van der Waals surface area contributed by atoms with Crippen molar-refractivity contribution in [1.82, 2.24) is 0 Å². The normalized spacial score (nSPS) is 7.36. The van der Waals surface area contributed by atoms with Crippen LogP contribution in [0, 0.1) is 11.8 Å². The van der Waals surface area contributed by atoms with Crippen molar-refractivity contribution in [2.75, 3.05) is 6.54 Å². The second-order valence-corrected chi connectivity index (χ2v) is 1.87. The van der Waals surface area contributed by atoms with Crippen molar-refractivity contribution in [1.29, 1.82) is 0 Å². The average Bonchev–Trinajstić information content (AvgIpc) is 2.03. The summed E-state index contributed by atoms with van der Waals surface area (Å²) >= 11 is 0. The maximum Gasteiger partial charge on any atom is 0.0555 e. The largest absolute Gasteiger partial charge is 1.00 e. The molecule has 0 spiro atoms. The van der Waals surface area contributed by atoms with E-state index in [2.05, 4.69) is 11.8 Å². The first-order valence-corrected chi connectivity index (χ1v) is 3.17. The van der Waals surface area contributed by atoms with Crippen LogP contribution in [0.4, 0.5) is 0 Å². The Labute approximate surface area is 73.0 Å². The molecule has 0 unspecified atom stereocenters. The number of hydrogen-bond acceptors (Lipinski definition) is 1. The van der Waals surface area contributed by atoms with Crippen LogP contribution in [-0.2, 0) is 0 Å². The van der Waals surface area contributed by atoms with Crippen molar-refractivity contribution in [2.24, 2.45) is 5.73 Å². The van der Waals surface area contributed by atoms with E-state index in [9.17, 15) is 0 Å². The van der Waals surface area contributed by atoms with Crippen LogP contribution in [0.5, 0.6) is 0 Å². The summed E-state index contributed by atoms with van der Waals surface area (Å²) in [5.74, 6) is 5.71. The predicted molar refractivity (Wildman–Crippen MR) is 42.4 cm³/mol. The van der Waals surface area contributed by atoms with Gasteiger partial charge in [-0.3, -0.25) is 0 Å². The molecule has 1 nitrogen and oxygen atoms in total. The Morgan fingerprint density at radius 2 is 1.82 bits per heavy atom. The van der Waals surface area contributed by atoms with Crippen molar-refractivity contribution in [3.63, 3.8) is 0 Å². The Hall–Kier alpha value is -0.970. The molecule has 0 radical (unpaired) electrons. The first-order chi connectivity index (χ1) is 4.93. The molecule has 1 aromatic rings. The molecule has 0 amide bonds. The first-order valence-electron chi connectivity index (χ1n) is 3.17. The second-order valence-electron chi connectivity index (χ2n) is 1.87. The van der Waals surface area contributed by atoms with Gasteiger partial charge in [-0.25, -0.2) is 0 Å². The smallest absolute Gasteiger partial charge is 0.0555 e. The van der Waals surface area contributed by atoms with Gasteiger partial charge in [0.1, 0.15) is 0 Å². The van der Waals surface area contributed by atoms with Gasteiger partial charge in [0.25, 0.3) is 0 Å². The van der Waals surface area contributed by atoms with Crippen LogP contribution < -0.4 is 18.1 Å². The van der Waals surface area contributed by atoms with Gasteiger partial charge in [0.05, 0.1) is 6.54 Å². The molecule has 0 fully saturated rings. The zero-order valence-electron chi connectivity index (χ0n) is 6.05. The molecule has 2 N–H and O–H groups in total. The molecule has 58 valence electrons. The van der Waals surface area contributed by atoms with Gasteiger partial charge < -0.3 is 18.1 Å². The fraction of sp³-hybridized carbons (Fsp3) is 0.111. The molecule has 1 rings (SSSR count). The van der Waals surface area contributed by atoms with Crippen LogP contribution >= 0.6 is 0 Å². The number of hydrogen-bond donors (Lipinski definition) is 1. The molecule has 0 bridgehead atoms. The van der Waals surface area contributed by atoms with E-state index in [1.54, 1.807) is 0 Å². The summed E-state index contributed by atoms with van der Waals surface area (Å²) in [6.07, 6.45) is 0. The Balaban J connectivity index is 0.000001000. The number of nitrogens with two attached hydrogens (primary N) is 1. The van der Waals surface area contributed by atoms with Crippen molar-refractivity contribution in [3.8, 4) is 11.8 Å². The lowest BCUT2D eigenvalue weighted by molar-refractivity contribution is -0.00000207. The SMILES string of the molecule is NCC#Cc1ccccc1.[Cl-]. The maximum atomic E-state index is 5.20. The van der Waals surface area contributed by atoms with Gasteiger partial charge in [-0.05, 0) is 12.1 Å². The van der Waals surface area contributed by atoms with Crippen LogP contribution in [0.25, 0.3) is 0 Å². The molecule has 2 heteroatoms. The van der Waals surface area contributed by atoms with Crippen LogP contribution in [0.1, 0.15) is 5.56 Å². The Morgan fingerprint density at radius 1 is 1.18 bits per heavy atom. The highest BCUT2D eigenvalue weighted by Crippen LogP contribution is 1.93. The van der Waals surface area contributed by atoms with E-state index >= 15 is 0 Å². The summed E-state index contributed by atoms with van der Waals surface area (Å²) < 4.78 is 0. The summed E-state index contributed by atoms with van der Waals surface area (Å²) in [6.45, 7) is 0.425. The Kier molecular flexibility index (Phi) is 5.28. The zero-order valence-corrected chi connectivity index (χ0v) is 6.81. The Morgan fingerprint density at radius 3 is 2.36 bits per heavy atom. The molecule has 0 aliphatic rings. The molecule has 1 aromatic carbocycles. The summed E-state index contributed by atoms with van der Waals surface area (Å²) in [6, 6.07) is 9.81. The molecule has 0 saturated heterocycles. The van der Waals surface area contributed by atoms with Gasteiger partial charge in [0.2, 0.25) is 0 Å². The third-order valence-electron chi connectivity index (χ3n) is 1.11. The van der Waals surface area contributed by atoms with E-state index < -0.39 is 0 Å². The highest BCUT2D eigenvalue weighted by atomic mass is 35.5. The quantitative estimate of drug-likeness (QED) is 0.444. The molecule has 0 atom stereocenters. The molecular formula is C9H9ClN-. The topological polar surface area (TPSA) is 26.0 Å². The predicted octanol–water partition coefficient (Wildman–Crippen LogP) is -2.00. The summed E-state index contributed by atoms with van der Waals surface area (Å²) in [5, 5.41) is 0. The molecule has 0 saturated carbocycles. The van der Waals surface area contributed by atoms with Crippen molar-refractivity contribution >= 4 is 0 Å². The van der Waals surface area contributed by atoms with Gasteiger partial charge in [-0.1, -0.05) is 30.0 Å². The lowest BCUT2D eigenvalue weighted by Gasteiger charge is -1.84. The van der Waals surface area contributed by atoms with Crippen molar-refractivity contribution in [2.45, 2.75) is 0 Å². The second kappa shape index (κ2) is 5.79. The number of benzene rings is 1. The van der Waals surface area contributed by atoms with E-state index in [4.69, 9.17) is 5.73 Å². The minimum Gasteiger partial charge on any atom is -1.00 e. The fourth-order valence-corrected chi connectivity index (χ4v) is 0.675. The Bertz CT molecular complexity index is 245. The summed E-state index contributed by atoms with van der Waals surface area (Å²) in [5.41, 5.74) is 6.22. The number of halogens is 1. The van der Waals surface area contributed by atoms with Gasteiger partial charge in [0, 0.05) is 5.56 Å². The van der Waals surface area contributed by atoms with E-state index in [1.807, 2.05) is 30.3 Å². The monoisotopic (exact) mass is 166 g/mol. The molecule has 0 heterocycles. The lowest BCUT2D eigenvalue weighted by Crippen LogP contribution is -3.00. The van der Waals surface area contributed by atoms with Gasteiger partial charge in [-0.2, -0.15) is 0 Å². The van der Waals surface area contributed by atoms with E-state index in [0.717, 1.165) is 5.56 Å². The fourth-order valence-electron chi connectivity index (χ4n) is 0.675. The maximum absolute atomic E-state index is 5.20. The zero-order chi connectivity index (χ0) is 7.23. The van der Waals surface area contributed by atoms with E-state index in [-0.39, 0.29) is 12.4 Å².